The number of amides is 2. The van der Waals surface area contributed by atoms with Crippen LogP contribution in [0.2, 0.25) is 0 Å². The number of anilines is 1. The van der Waals surface area contributed by atoms with Gasteiger partial charge in [0.1, 0.15) is 11.6 Å². The van der Waals surface area contributed by atoms with Crippen molar-refractivity contribution in [2.75, 3.05) is 25.9 Å². The fraction of sp³-hybridized carbons (Fsp3) is 0.688. The van der Waals surface area contributed by atoms with Crippen LogP contribution in [0.4, 0.5) is 10.6 Å². The number of carbonyl (C=O) groups is 1. The minimum atomic E-state index is 0.106. The van der Waals surface area contributed by atoms with Crippen molar-refractivity contribution in [2.24, 2.45) is 0 Å². The maximum Gasteiger partial charge on any atom is 0.317 e. The lowest BCUT2D eigenvalue weighted by atomic mass is 10.1. The van der Waals surface area contributed by atoms with E-state index in [0.29, 0.717) is 24.4 Å². The van der Waals surface area contributed by atoms with Crippen molar-refractivity contribution < 1.29 is 4.79 Å². The van der Waals surface area contributed by atoms with Crippen molar-refractivity contribution in [1.29, 1.82) is 0 Å². The molecule has 3 N–H and O–H groups in total. The molecule has 0 unspecified atom stereocenters. The van der Waals surface area contributed by atoms with Gasteiger partial charge in [-0.15, -0.1) is 0 Å². The second-order valence-electron chi connectivity index (χ2n) is 6.61. The van der Waals surface area contributed by atoms with Gasteiger partial charge < -0.3 is 16.0 Å². The molecule has 0 radical (unpaired) electrons. The molecule has 0 spiro atoms. The largest absolute Gasteiger partial charge is 0.384 e. The zero-order valence-corrected chi connectivity index (χ0v) is 13.7. The molecule has 1 aromatic heterocycles. The Bertz CT molecular complexity index is 547. The van der Waals surface area contributed by atoms with Crippen LogP contribution in [0, 0.1) is 0 Å². The molecule has 0 bridgehead atoms. The molecule has 2 fully saturated rings. The molecule has 2 amide bonds. The van der Waals surface area contributed by atoms with E-state index in [1.807, 2.05) is 4.90 Å². The Hall–Kier alpha value is -1.89. The van der Waals surface area contributed by atoms with E-state index in [1.165, 1.54) is 0 Å². The molecular formula is C16H26N6O. The second kappa shape index (κ2) is 7.12. The zero-order chi connectivity index (χ0) is 16.2. The molecule has 7 nitrogen and oxygen atoms in total. The molecule has 1 saturated heterocycles. The summed E-state index contributed by atoms with van der Waals surface area (Å²) < 4.78 is 0. The molecule has 0 aromatic carbocycles. The Labute approximate surface area is 137 Å². The summed E-state index contributed by atoms with van der Waals surface area (Å²) in [6.07, 6.45) is 7.06. The number of nitrogen functional groups attached to an aromatic ring is 1. The normalized spacial score (nSPS) is 22.0. The summed E-state index contributed by atoms with van der Waals surface area (Å²) in [4.78, 5) is 24.9. The van der Waals surface area contributed by atoms with Gasteiger partial charge in [-0.25, -0.2) is 14.8 Å². The maximum atomic E-state index is 12.2. The van der Waals surface area contributed by atoms with Gasteiger partial charge in [0, 0.05) is 31.4 Å². The van der Waals surface area contributed by atoms with Gasteiger partial charge in [0.15, 0.2) is 0 Å². The van der Waals surface area contributed by atoms with Gasteiger partial charge in [-0.2, -0.15) is 0 Å². The summed E-state index contributed by atoms with van der Waals surface area (Å²) in [5.41, 5.74) is 5.71. The molecule has 7 heteroatoms. The summed E-state index contributed by atoms with van der Waals surface area (Å²) in [5.74, 6) is 1.26. The number of likely N-dealkylation sites (tertiary alicyclic amines) is 1. The van der Waals surface area contributed by atoms with Gasteiger partial charge >= 0.3 is 6.03 Å². The highest BCUT2D eigenvalue weighted by molar-refractivity contribution is 5.74. The predicted molar refractivity (Wildman–Crippen MR) is 88.7 cm³/mol. The number of aromatic nitrogens is 2. The number of carbonyl (C=O) groups excluding carboxylic acids is 1. The molecule has 3 rings (SSSR count). The highest BCUT2D eigenvalue weighted by atomic mass is 16.2. The third-order valence-electron chi connectivity index (χ3n) is 4.63. The van der Waals surface area contributed by atoms with Crippen LogP contribution in [0.15, 0.2) is 12.3 Å². The van der Waals surface area contributed by atoms with Gasteiger partial charge in [-0.05, 0) is 45.2 Å². The van der Waals surface area contributed by atoms with E-state index in [0.717, 1.165) is 51.0 Å². The first kappa shape index (κ1) is 16.0. The first-order valence-corrected chi connectivity index (χ1v) is 8.45. The minimum absolute atomic E-state index is 0.106. The number of nitrogens with one attached hydrogen (secondary N) is 1. The van der Waals surface area contributed by atoms with E-state index in [9.17, 15) is 4.79 Å². The predicted octanol–water partition coefficient (Wildman–Crippen LogP) is 1.22. The smallest absolute Gasteiger partial charge is 0.317 e. The van der Waals surface area contributed by atoms with Crippen LogP contribution in [0.25, 0.3) is 0 Å². The van der Waals surface area contributed by atoms with E-state index in [-0.39, 0.29) is 6.03 Å². The van der Waals surface area contributed by atoms with Crippen LogP contribution in [-0.2, 0) is 6.54 Å². The van der Waals surface area contributed by atoms with E-state index in [1.54, 1.807) is 12.3 Å². The summed E-state index contributed by atoms with van der Waals surface area (Å²) >= 11 is 0. The second-order valence-corrected chi connectivity index (χ2v) is 6.61. The standard InChI is InChI=1S/C16H26N6O/c1-21(11-15-18-8-6-14(17)20-15)13-3-2-9-22(10-7-13)16(23)19-12-4-5-12/h6,8,12-13H,2-5,7,9-11H2,1H3,(H,19,23)(H2,17,18,20)/t13-/m0/s1. The minimum Gasteiger partial charge on any atom is -0.384 e. The quantitative estimate of drug-likeness (QED) is 0.871. The summed E-state index contributed by atoms with van der Waals surface area (Å²) in [7, 11) is 2.09. The molecule has 1 atom stereocenters. The fourth-order valence-corrected chi connectivity index (χ4v) is 3.06. The number of hydrogen-bond donors (Lipinski definition) is 2. The Morgan fingerprint density at radius 1 is 1.39 bits per heavy atom. The highest BCUT2D eigenvalue weighted by Crippen LogP contribution is 2.21. The SMILES string of the molecule is CN(Cc1nccc(N)n1)[C@H]1CCCN(C(=O)NC2CC2)CC1. The first-order chi connectivity index (χ1) is 11.1. The Balaban J connectivity index is 1.51. The van der Waals surface area contributed by atoms with Gasteiger partial charge in [-0.1, -0.05) is 0 Å². The van der Waals surface area contributed by atoms with E-state index < -0.39 is 0 Å². The topological polar surface area (TPSA) is 87.4 Å². The average molecular weight is 318 g/mol. The van der Waals surface area contributed by atoms with Crippen LogP contribution >= 0.6 is 0 Å². The van der Waals surface area contributed by atoms with Gasteiger partial charge in [-0.3, -0.25) is 4.90 Å². The van der Waals surface area contributed by atoms with Crippen LogP contribution in [0.1, 0.15) is 37.9 Å². The van der Waals surface area contributed by atoms with Crippen molar-refractivity contribution in [3.63, 3.8) is 0 Å². The van der Waals surface area contributed by atoms with Crippen LogP contribution in [0.5, 0.6) is 0 Å². The first-order valence-electron chi connectivity index (χ1n) is 8.45. The van der Waals surface area contributed by atoms with E-state index in [4.69, 9.17) is 5.73 Å². The third kappa shape index (κ3) is 4.54. The van der Waals surface area contributed by atoms with Crippen molar-refractivity contribution in [3.8, 4) is 0 Å². The number of rotatable bonds is 4. The summed E-state index contributed by atoms with van der Waals surface area (Å²) in [6, 6.07) is 2.67. The van der Waals surface area contributed by atoms with Crippen LogP contribution < -0.4 is 11.1 Å². The number of urea groups is 1. The third-order valence-corrected chi connectivity index (χ3v) is 4.63. The Morgan fingerprint density at radius 3 is 2.96 bits per heavy atom. The van der Waals surface area contributed by atoms with Gasteiger partial charge in [0.25, 0.3) is 0 Å². The Kier molecular flexibility index (Phi) is 4.95. The molecule has 2 aliphatic rings. The van der Waals surface area contributed by atoms with E-state index in [2.05, 4.69) is 27.2 Å². The molecule has 126 valence electrons. The number of nitrogens with zero attached hydrogens (tertiary/aromatic N) is 4. The molecule has 2 heterocycles. The molecule has 1 saturated carbocycles. The van der Waals surface area contributed by atoms with Gasteiger partial charge in [0.05, 0.1) is 6.54 Å². The van der Waals surface area contributed by atoms with Crippen LogP contribution in [-0.4, -0.2) is 58.0 Å². The molecule has 1 aromatic rings. The number of nitrogens with two attached hydrogens (primary N) is 1. The Morgan fingerprint density at radius 2 is 2.22 bits per heavy atom. The van der Waals surface area contributed by atoms with Crippen molar-refractivity contribution in [1.82, 2.24) is 25.1 Å². The van der Waals surface area contributed by atoms with E-state index >= 15 is 0 Å². The highest BCUT2D eigenvalue weighted by Gasteiger charge is 2.28. The molecule has 23 heavy (non-hydrogen) atoms. The van der Waals surface area contributed by atoms with Crippen molar-refractivity contribution in [2.45, 2.75) is 50.7 Å². The van der Waals surface area contributed by atoms with Gasteiger partial charge in [0.2, 0.25) is 0 Å². The lowest BCUT2D eigenvalue weighted by molar-refractivity contribution is 0.190. The number of hydrogen-bond acceptors (Lipinski definition) is 5. The van der Waals surface area contributed by atoms with Crippen molar-refractivity contribution >= 4 is 11.8 Å². The lowest BCUT2D eigenvalue weighted by Gasteiger charge is -2.26. The summed E-state index contributed by atoms with van der Waals surface area (Å²) in [5, 5.41) is 3.08. The fourth-order valence-electron chi connectivity index (χ4n) is 3.06. The molecule has 1 aliphatic heterocycles. The monoisotopic (exact) mass is 318 g/mol. The maximum absolute atomic E-state index is 12.2. The average Bonchev–Trinajstić information content (AvgIpc) is 3.32. The van der Waals surface area contributed by atoms with Crippen LogP contribution in [0.3, 0.4) is 0 Å². The van der Waals surface area contributed by atoms with Crippen molar-refractivity contribution in [3.05, 3.63) is 18.1 Å². The lowest BCUT2D eigenvalue weighted by Crippen LogP contribution is -2.42. The summed E-state index contributed by atoms with van der Waals surface area (Å²) in [6.45, 7) is 2.34. The molecule has 1 aliphatic carbocycles. The zero-order valence-electron chi connectivity index (χ0n) is 13.7. The molecular weight excluding hydrogens is 292 g/mol.